The van der Waals surface area contributed by atoms with Gasteiger partial charge in [-0.25, -0.2) is 14.8 Å². The molecule has 1 aliphatic carbocycles. The monoisotopic (exact) mass is 288 g/mol. The topological polar surface area (TPSA) is 96.7 Å². The number of hydrogen-bond donors (Lipinski definition) is 1. The van der Waals surface area contributed by atoms with Crippen molar-refractivity contribution in [3.05, 3.63) is 23.9 Å². The molecule has 0 bridgehead atoms. The first-order valence-corrected chi connectivity index (χ1v) is 6.58. The molecule has 0 atom stereocenters. The van der Waals surface area contributed by atoms with Crippen molar-refractivity contribution in [3.8, 4) is 0 Å². The number of pyridine rings is 1. The number of carboxylic acids is 1. The number of aromatic carboxylic acids is 1. The summed E-state index contributed by atoms with van der Waals surface area (Å²) in [5.41, 5.74) is -0.389. The lowest BCUT2D eigenvalue weighted by Gasteiger charge is -2.30. The molecular weight excluding hydrogens is 272 g/mol. The van der Waals surface area contributed by atoms with Crippen LogP contribution < -0.4 is 0 Å². The summed E-state index contributed by atoms with van der Waals surface area (Å²) in [4.78, 5) is 42.9. The fourth-order valence-corrected chi connectivity index (χ4v) is 2.38. The van der Waals surface area contributed by atoms with Crippen molar-refractivity contribution in [1.29, 1.82) is 0 Å². The van der Waals surface area contributed by atoms with Gasteiger partial charge in [-0.3, -0.25) is 9.59 Å². The van der Waals surface area contributed by atoms with E-state index in [1.807, 2.05) is 13.8 Å². The van der Waals surface area contributed by atoms with Crippen molar-refractivity contribution >= 4 is 29.6 Å². The second-order valence-electron chi connectivity index (χ2n) is 5.89. The Morgan fingerprint density at radius 3 is 2.57 bits per heavy atom. The molecule has 1 N–H and O–H groups in total. The molecule has 0 aliphatic heterocycles. The van der Waals surface area contributed by atoms with Gasteiger partial charge in [-0.05, 0) is 17.5 Å². The molecule has 1 saturated carbocycles. The molecule has 2 rings (SSSR count). The minimum absolute atomic E-state index is 0.00423. The van der Waals surface area contributed by atoms with E-state index in [0.29, 0.717) is 12.8 Å². The number of aliphatic imine (C=N–C) groups is 1. The van der Waals surface area contributed by atoms with Crippen molar-refractivity contribution in [3.63, 3.8) is 0 Å². The van der Waals surface area contributed by atoms with Crippen LogP contribution >= 0.6 is 0 Å². The van der Waals surface area contributed by atoms with E-state index in [1.54, 1.807) is 0 Å². The highest BCUT2D eigenvalue weighted by Gasteiger charge is 2.38. The maximum Gasteiger partial charge on any atom is 0.339 e. The first-order valence-electron chi connectivity index (χ1n) is 6.58. The highest BCUT2D eigenvalue weighted by Crippen LogP contribution is 2.33. The Hall–Kier alpha value is -2.37. The predicted molar refractivity (Wildman–Crippen MR) is 75.9 cm³/mol. The van der Waals surface area contributed by atoms with Crippen LogP contribution in [0.1, 0.15) is 37.0 Å². The molecule has 0 saturated heterocycles. The molecule has 6 heteroatoms. The summed E-state index contributed by atoms with van der Waals surface area (Å²) in [7, 11) is 0. The lowest BCUT2D eigenvalue weighted by molar-refractivity contribution is -0.136. The van der Waals surface area contributed by atoms with Gasteiger partial charge in [-0.15, -0.1) is 0 Å². The Morgan fingerprint density at radius 1 is 1.38 bits per heavy atom. The fourth-order valence-electron chi connectivity index (χ4n) is 2.38. The molecule has 0 amide bonds. The van der Waals surface area contributed by atoms with Gasteiger partial charge >= 0.3 is 5.97 Å². The van der Waals surface area contributed by atoms with Crippen LogP contribution in [0.25, 0.3) is 0 Å². The molecule has 1 heterocycles. The number of rotatable bonds is 3. The first kappa shape index (κ1) is 15.0. The second kappa shape index (κ2) is 5.55. The molecule has 1 aromatic rings. The average molecular weight is 288 g/mol. The van der Waals surface area contributed by atoms with E-state index in [1.165, 1.54) is 24.5 Å². The molecule has 1 aliphatic rings. The second-order valence-corrected chi connectivity index (χ2v) is 5.89. The third kappa shape index (κ3) is 3.39. The molecule has 0 aromatic carbocycles. The third-order valence-electron chi connectivity index (χ3n) is 3.36. The fraction of sp³-hybridized carbons (Fsp3) is 0.400. The van der Waals surface area contributed by atoms with Crippen LogP contribution in [0, 0.1) is 11.3 Å². The lowest BCUT2D eigenvalue weighted by atomic mass is 9.72. The summed E-state index contributed by atoms with van der Waals surface area (Å²) in [5.74, 6) is -2.43. The minimum atomic E-state index is -1.15. The zero-order valence-corrected chi connectivity index (χ0v) is 11.9. The Labute approximate surface area is 121 Å². The van der Waals surface area contributed by atoms with E-state index in [4.69, 9.17) is 5.11 Å². The van der Waals surface area contributed by atoms with E-state index >= 15 is 0 Å². The molecule has 1 aromatic heterocycles. The van der Waals surface area contributed by atoms with Crippen LogP contribution in [0.15, 0.2) is 23.3 Å². The quantitative estimate of drug-likeness (QED) is 0.678. The van der Waals surface area contributed by atoms with Gasteiger partial charge in [0.25, 0.3) is 0 Å². The largest absolute Gasteiger partial charge is 0.478 e. The van der Waals surface area contributed by atoms with Gasteiger partial charge in [-0.1, -0.05) is 13.8 Å². The summed E-state index contributed by atoms with van der Waals surface area (Å²) >= 11 is 0. The van der Waals surface area contributed by atoms with Gasteiger partial charge in [0.2, 0.25) is 0 Å². The van der Waals surface area contributed by atoms with Gasteiger partial charge in [0, 0.05) is 25.3 Å². The standard InChI is InChI=1S/C15H16N2O4/c1-15(2)6-11(18)10(12(19)7-15)8-17-13-9(14(20)21)4-3-5-16-13/h3-5,8,10H,6-7H2,1-2H3,(H,20,21). The van der Waals surface area contributed by atoms with Crippen LogP contribution in [-0.4, -0.2) is 33.8 Å². The lowest BCUT2D eigenvalue weighted by Crippen LogP contribution is -2.38. The van der Waals surface area contributed by atoms with Crippen molar-refractivity contribution in [2.24, 2.45) is 16.3 Å². The summed E-state index contributed by atoms with van der Waals surface area (Å²) < 4.78 is 0. The van der Waals surface area contributed by atoms with Crippen LogP contribution in [0.4, 0.5) is 5.82 Å². The van der Waals surface area contributed by atoms with E-state index < -0.39 is 11.9 Å². The number of ketones is 2. The number of carbonyl (C=O) groups is 3. The van der Waals surface area contributed by atoms with Crippen molar-refractivity contribution < 1.29 is 19.5 Å². The maximum absolute atomic E-state index is 12.0. The van der Waals surface area contributed by atoms with Crippen molar-refractivity contribution in [2.75, 3.05) is 0 Å². The van der Waals surface area contributed by atoms with E-state index in [-0.39, 0.29) is 28.4 Å². The summed E-state index contributed by atoms with van der Waals surface area (Å²) in [6.45, 7) is 3.74. The number of Topliss-reactive ketones (excluding diaryl/α,β-unsaturated/α-hetero) is 2. The normalized spacial score (nSPS) is 19.1. The van der Waals surface area contributed by atoms with Gasteiger partial charge in [-0.2, -0.15) is 0 Å². The van der Waals surface area contributed by atoms with Crippen molar-refractivity contribution in [2.45, 2.75) is 26.7 Å². The zero-order valence-electron chi connectivity index (χ0n) is 11.9. The van der Waals surface area contributed by atoms with Crippen molar-refractivity contribution in [1.82, 2.24) is 4.98 Å². The van der Waals surface area contributed by atoms with Crippen LogP contribution in [0.5, 0.6) is 0 Å². The Morgan fingerprint density at radius 2 is 2.00 bits per heavy atom. The predicted octanol–water partition coefficient (Wildman–Crippen LogP) is 2.06. The number of hydrogen-bond acceptors (Lipinski definition) is 5. The van der Waals surface area contributed by atoms with Crippen LogP contribution in [0.2, 0.25) is 0 Å². The molecule has 0 unspecified atom stereocenters. The van der Waals surface area contributed by atoms with Gasteiger partial charge in [0.1, 0.15) is 23.0 Å². The molecule has 110 valence electrons. The number of nitrogens with zero attached hydrogens (tertiary/aromatic N) is 2. The molecule has 21 heavy (non-hydrogen) atoms. The number of aromatic nitrogens is 1. The Kier molecular flexibility index (Phi) is 3.97. The van der Waals surface area contributed by atoms with Gasteiger partial charge < -0.3 is 5.11 Å². The Balaban J connectivity index is 2.24. The summed E-state index contributed by atoms with van der Waals surface area (Å²) in [6, 6.07) is 2.86. The minimum Gasteiger partial charge on any atom is -0.478 e. The molecule has 1 fully saturated rings. The highest BCUT2D eigenvalue weighted by atomic mass is 16.4. The van der Waals surface area contributed by atoms with E-state index in [0.717, 1.165) is 0 Å². The maximum atomic E-state index is 12.0. The summed E-state index contributed by atoms with van der Waals surface area (Å²) in [6.07, 6.45) is 3.24. The molecular formula is C15H16N2O4. The molecule has 0 radical (unpaired) electrons. The van der Waals surface area contributed by atoms with E-state index in [2.05, 4.69) is 9.98 Å². The smallest absolute Gasteiger partial charge is 0.339 e. The number of carboxylic acid groups (broad SMARTS) is 1. The Bertz CT molecular complexity index is 614. The first-order chi connectivity index (χ1) is 9.80. The molecule has 6 nitrogen and oxygen atoms in total. The SMILES string of the molecule is CC1(C)CC(=O)C(C=Nc2ncccc2C(=O)O)C(=O)C1. The zero-order chi connectivity index (χ0) is 15.6. The van der Waals surface area contributed by atoms with Gasteiger partial charge in [0.05, 0.1) is 0 Å². The number of carbonyl (C=O) groups excluding carboxylic acids is 2. The summed E-state index contributed by atoms with van der Waals surface area (Å²) in [5, 5.41) is 9.03. The third-order valence-corrected chi connectivity index (χ3v) is 3.36. The molecule has 0 spiro atoms. The van der Waals surface area contributed by atoms with Crippen LogP contribution in [-0.2, 0) is 9.59 Å². The van der Waals surface area contributed by atoms with E-state index in [9.17, 15) is 14.4 Å². The average Bonchev–Trinajstić information content (AvgIpc) is 2.36. The van der Waals surface area contributed by atoms with Gasteiger partial charge in [0.15, 0.2) is 5.82 Å². The van der Waals surface area contributed by atoms with Crippen LogP contribution in [0.3, 0.4) is 0 Å². The highest BCUT2D eigenvalue weighted by molar-refractivity contribution is 6.16.